The molecule has 0 aliphatic rings. The lowest BCUT2D eigenvalue weighted by molar-refractivity contribution is 0.0955. The van der Waals surface area contributed by atoms with Gasteiger partial charge < -0.3 is 14.9 Å². The number of ether oxygens (including phenoxy) is 1. The quantitative estimate of drug-likeness (QED) is 0.245. The first kappa shape index (κ1) is 20.0. The summed E-state index contributed by atoms with van der Waals surface area (Å²) in [5.74, 6) is -0.0426. The number of phenols is 2. The van der Waals surface area contributed by atoms with Crippen molar-refractivity contribution in [2.75, 3.05) is 0 Å². The van der Waals surface area contributed by atoms with Crippen LogP contribution in [0.25, 0.3) is 10.8 Å². The van der Waals surface area contributed by atoms with Crippen molar-refractivity contribution in [3.8, 4) is 17.2 Å². The van der Waals surface area contributed by atoms with Crippen LogP contribution in [0.1, 0.15) is 21.5 Å². The molecule has 6 nitrogen and oxygen atoms in total. The maximum absolute atomic E-state index is 12.2. The zero-order chi connectivity index (χ0) is 21.6. The number of hydrogen-bond acceptors (Lipinski definition) is 5. The number of aromatic hydroxyl groups is 2. The molecule has 0 atom stereocenters. The highest BCUT2D eigenvalue weighted by atomic mass is 16.5. The summed E-state index contributed by atoms with van der Waals surface area (Å²) in [7, 11) is 0. The van der Waals surface area contributed by atoms with Gasteiger partial charge in [0, 0.05) is 5.56 Å². The Morgan fingerprint density at radius 2 is 1.65 bits per heavy atom. The number of carbonyl (C=O) groups excluding carboxylic acids is 1. The van der Waals surface area contributed by atoms with Crippen LogP contribution in [-0.2, 0) is 6.61 Å². The lowest BCUT2D eigenvalue weighted by atomic mass is 10.1. The largest absolute Gasteiger partial charge is 0.504 e. The maximum Gasteiger partial charge on any atom is 0.271 e. The molecule has 154 valence electrons. The first-order valence-corrected chi connectivity index (χ1v) is 9.64. The third-order valence-corrected chi connectivity index (χ3v) is 4.72. The van der Waals surface area contributed by atoms with E-state index in [-0.39, 0.29) is 17.4 Å². The number of nitrogens with zero attached hydrogens (tertiary/aromatic N) is 1. The van der Waals surface area contributed by atoms with Gasteiger partial charge in [0.05, 0.1) is 6.21 Å². The molecule has 6 heteroatoms. The van der Waals surface area contributed by atoms with Gasteiger partial charge in [0.25, 0.3) is 5.91 Å². The molecule has 1 amide bonds. The highest BCUT2D eigenvalue weighted by Crippen LogP contribution is 2.24. The Morgan fingerprint density at radius 3 is 2.42 bits per heavy atom. The third-order valence-electron chi connectivity index (χ3n) is 4.72. The Balaban J connectivity index is 1.33. The number of benzene rings is 4. The second-order valence-corrected chi connectivity index (χ2v) is 6.94. The molecular weight excluding hydrogens is 392 g/mol. The summed E-state index contributed by atoms with van der Waals surface area (Å²) in [6.07, 6.45) is 1.38. The Labute approximate surface area is 179 Å². The number of fused-ring (bicyclic) bond motifs is 1. The highest BCUT2D eigenvalue weighted by Gasteiger charge is 2.05. The van der Waals surface area contributed by atoms with Crippen LogP contribution in [0.4, 0.5) is 0 Å². The number of rotatable bonds is 6. The van der Waals surface area contributed by atoms with E-state index in [0.29, 0.717) is 17.7 Å². The third kappa shape index (κ3) is 5.00. The number of carbonyl (C=O) groups is 1. The SMILES string of the molecule is O=C(NN=Cc1ccc(O)c(O)c1)c1ccc(COc2ccc3ccccc3c2)cc1. The van der Waals surface area contributed by atoms with Crippen molar-refractivity contribution >= 4 is 22.9 Å². The highest BCUT2D eigenvalue weighted by molar-refractivity contribution is 5.95. The Morgan fingerprint density at radius 1 is 0.871 bits per heavy atom. The summed E-state index contributed by atoms with van der Waals surface area (Å²) in [6, 6.07) is 25.4. The topological polar surface area (TPSA) is 91.2 Å². The summed E-state index contributed by atoms with van der Waals surface area (Å²) >= 11 is 0. The molecule has 0 radical (unpaired) electrons. The molecule has 0 bridgehead atoms. The predicted molar refractivity (Wildman–Crippen MR) is 120 cm³/mol. The predicted octanol–water partition coefficient (Wildman–Crippen LogP) is 4.59. The van der Waals surface area contributed by atoms with Gasteiger partial charge in [0.1, 0.15) is 12.4 Å². The standard InChI is InChI=1S/C25H20N2O4/c28-23-12-7-18(13-24(23)29)15-26-27-25(30)20-8-5-17(6-9-20)16-31-22-11-10-19-3-1-2-4-21(19)14-22/h1-15,28-29H,16H2,(H,27,30). The van der Waals surface area contributed by atoms with Gasteiger partial charge in [-0.15, -0.1) is 0 Å². The molecule has 0 aliphatic heterocycles. The first-order valence-electron chi connectivity index (χ1n) is 9.64. The van der Waals surface area contributed by atoms with E-state index in [9.17, 15) is 15.0 Å². The molecule has 4 aromatic carbocycles. The van der Waals surface area contributed by atoms with Crippen molar-refractivity contribution in [1.29, 1.82) is 0 Å². The van der Waals surface area contributed by atoms with Crippen LogP contribution in [0, 0.1) is 0 Å². The Hall–Kier alpha value is -4.32. The van der Waals surface area contributed by atoms with E-state index in [4.69, 9.17) is 4.74 Å². The molecular formula is C25H20N2O4. The van der Waals surface area contributed by atoms with Crippen molar-refractivity contribution < 1.29 is 19.7 Å². The van der Waals surface area contributed by atoms with Crippen molar-refractivity contribution in [2.24, 2.45) is 5.10 Å². The lowest BCUT2D eigenvalue weighted by Crippen LogP contribution is -2.17. The molecule has 31 heavy (non-hydrogen) atoms. The minimum Gasteiger partial charge on any atom is -0.504 e. The van der Waals surface area contributed by atoms with Crippen LogP contribution in [0.15, 0.2) is 90.0 Å². The van der Waals surface area contributed by atoms with E-state index in [1.54, 1.807) is 18.2 Å². The van der Waals surface area contributed by atoms with E-state index in [0.717, 1.165) is 22.1 Å². The van der Waals surface area contributed by atoms with Crippen LogP contribution in [0.2, 0.25) is 0 Å². The fourth-order valence-electron chi connectivity index (χ4n) is 3.03. The van der Waals surface area contributed by atoms with Gasteiger partial charge in [0.15, 0.2) is 11.5 Å². The van der Waals surface area contributed by atoms with E-state index in [2.05, 4.69) is 16.6 Å². The van der Waals surface area contributed by atoms with Gasteiger partial charge in [-0.2, -0.15) is 5.10 Å². The van der Waals surface area contributed by atoms with Crippen LogP contribution < -0.4 is 10.2 Å². The molecule has 0 spiro atoms. The first-order chi connectivity index (χ1) is 15.1. The summed E-state index contributed by atoms with van der Waals surface area (Å²) < 4.78 is 5.87. The molecule has 0 aliphatic carbocycles. The average Bonchev–Trinajstić information content (AvgIpc) is 2.80. The van der Waals surface area contributed by atoms with Crippen molar-refractivity contribution in [2.45, 2.75) is 6.61 Å². The van der Waals surface area contributed by atoms with E-state index in [1.165, 1.54) is 18.3 Å². The number of hydrazone groups is 1. The second kappa shape index (κ2) is 9.00. The van der Waals surface area contributed by atoms with Gasteiger partial charge in [-0.1, -0.05) is 42.5 Å². The molecule has 4 aromatic rings. The zero-order valence-electron chi connectivity index (χ0n) is 16.5. The Bertz CT molecular complexity index is 1250. The fraction of sp³-hybridized carbons (Fsp3) is 0.0400. The zero-order valence-corrected chi connectivity index (χ0v) is 16.5. The van der Waals surface area contributed by atoms with E-state index < -0.39 is 0 Å². The number of hydrogen-bond donors (Lipinski definition) is 3. The van der Waals surface area contributed by atoms with Crippen molar-refractivity contribution in [1.82, 2.24) is 5.43 Å². The fourth-order valence-corrected chi connectivity index (χ4v) is 3.03. The number of phenolic OH excluding ortho intramolecular Hbond substituents is 2. The van der Waals surface area contributed by atoms with Gasteiger partial charge in [-0.25, -0.2) is 5.43 Å². The molecule has 0 heterocycles. The van der Waals surface area contributed by atoms with Crippen LogP contribution in [-0.4, -0.2) is 22.3 Å². The lowest BCUT2D eigenvalue weighted by Gasteiger charge is -2.08. The number of nitrogens with one attached hydrogen (secondary N) is 1. The second-order valence-electron chi connectivity index (χ2n) is 6.94. The smallest absolute Gasteiger partial charge is 0.271 e. The molecule has 3 N–H and O–H groups in total. The van der Waals surface area contributed by atoms with Gasteiger partial charge in [0.2, 0.25) is 0 Å². The normalized spacial score (nSPS) is 11.0. The van der Waals surface area contributed by atoms with Crippen LogP contribution >= 0.6 is 0 Å². The van der Waals surface area contributed by atoms with Crippen LogP contribution in [0.3, 0.4) is 0 Å². The maximum atomic E-state index is 12.2. The van der Waals surface area contributed by atoms with Crippen molar-refractivity contribution in [3.05, 3.63) is 102 Å². The monoisotopic (exact) mass is 412 g/mol. The van der Waals surface area contributed by atoms with Crippen molar-refractivity contribution in [3.63, 3.8) is 0 Å². The Kier molecular flexibility index (Phi) is 5.80. The number of amides is 1. The van der Waals surface area contributed by atoms with Gasteiger partial charge >= 0.3 is 0 Å². The van der Waals surface area contributed by atoms with Crippen LogP contribution in [0.5, 0.6) is 17.2 Å². The molecule has 0 aromatic heterocycles. The molecule has 0 unspecified atom stereocenters. The molecule has 0 saturated heterocycles. The summed E-state index contributed by atoms with van der Waals surface area (Å²) in [5.41, 5.74) is 4.37. The minimum atomic E-state index is -0.360. The van der Waals surface area contributed by atoms with Gasteiger partial charge in [-0.3, -0.25) is 4.79 Å². The molecule has 4 rings (SSSR count). The molecule has 0 saturated carbocycles. The summed E-state index contributed by atoms with van der Waals surface area (Å²) in [5, 5.41) is 24.9. The summed E-state index contributed by atoms with van der Waals surface area (Å²) in [6.45, 7) is 0.392. The van der Waals surface area contributed by atoms with E-state index >= 15 is 0 Å². The van der Waals surface area contributed by atoms with E-state index in [1.807, 2.05) is 48.5 Å². The minimum absolute atomic E-state index is 0.217. The average molecular weight is 412 g/mol. The molecule has 0 fully saturated rings. The summed E-state index contributed by atoms with van der Waals surface area (Å²) in [4.78, 5) is 12.2. The van der Waals surface area contributed by atoms with Gasteiger partial charge in [-0.05, 0) is 64.4 Å².